The molecule has 3 aromatic rings. The van der Waals surface area contributed by atoms with E-state index in [0.29, 0.717) is 12.1 Å². The number of imidazole rings is 1. The Labute approximate surface area is 110 Å². The zero-order valence-electron chi connectivity index (χ0n) is 10.2. The monoisotopic (exact) mass is 248 g/mol. The molecule has 0 aliphatic carbocycles. The van der Waals surface area contributed by atoms with Gasteiger partial charge in [-0.1, -0.05) is 18.2 Å². The Hall–Kier alpha value is -2.64. The lowest BCUT2D eigenvalue weighted by Crippen LogP contribution is -2.00. The standard InChI is InChI=1S/C15H12N4/c16-8-11-5-6-14(12(7-11)9-17)19-10-18-13-3-1-2-4-15(13)19/h1-7,10H,8,16H2. The molecule has 4 heteroatoms. The normalized spacial score (nSPS) is 10.5. The number of hydrogen-bond acceptors (Lipinski definition) is 3. The number of benzene rings is 2. The van der Waals surface area contributed by atoms with E-state index >= 15 is 0 Å². The zero-order chi connectivity index (χ0) is 13.2. The molecular formula is C15H12N4. The van der Waals surface area contributed by atoms with E-state index < -0.39 is 0 Å². The van der Waals surface area contributed by atoms with E-state index in [0.717, 1.165) is 22.3 Å². The summed E-state index contributed by atoms with van der Waals surface area (Å²) in [6, 6.07) is 15.7. The largest absolute Gasteiger partial charge is 0.326 e. The van der Waals surface area contributed by atoms with Crippen LogP contribution in [0.3, 0.4) is 0 Å². The van der Waals surface area contributed by atoms with Crippen molar-refractivity contribution in [2.24, 2.45) is 5.73 Å². The molecule has 2 aromatic carbocycles. The predicted molar refractivity (Wildman–Crippen MR) is 73.7 cm³/mol. The molecule has 4 nitrogen and oxygen atoms in total. The minimum atomic E-state index is 0.430. The van der Waals surface area contributed by atoms with Crippen molar-refractivity contribution in [2.75, 3.05) is 0 Å². The first kappa shape index (κ1) is 11.5. The van der Waals surface area contributed by atoms with Gasteiger partial charge >= 0.3 is 0 Å². The van der Waals surface area contributed by atoms with E-state index in [1.54, 1.807) is 6.33 Å². The molecule has 0 bridgehead atoms. The Morgan fingerprint density at radius 2 is 2.05 bits per heavy atom. The maximum absolute atomic E-state index is 9.28. The Balaban J connectivity index is 2.25. The van der Waals surface area contributed by atoms with Crippen LogP contribution >= 0.6 is 0 Å². The van der Waals surface area contributed by atoms with E-state index in [-0.39, 0.29) is 0 Å². The molecule has 3 rings (SSSR count). The molecule has 0 saturated carbocycles. The molecule has 0 aliphatic heterocycles. The lowest BCUT2D eigenvalue weighted by Gasteiger charge is -2.08. The summed E-state index contributed by atoms with van der Waals surface area (Å²) in [5.74, 6) is 0. The predicted octanol–water partition coefficient (Wildman–Crippen LogP) is 2.36. The highest BCUT2D eigenvalue weighted by molar-refractivity contribution is 5.77. The Bertz CT molecular complexity index is 780. The minimum absolute atomic E-state index is 0.430. The Morgan fingerprint density at radius 3 is 2.84 bits per heavy atom. The number of aromatic nitrogens is 2. The molecule has 1 heterocycles. The summed E-state index contributed by atoms with van der Waals surface area (Å²) in [7, 11) is 0. The van der Waals surface area contributed by atoms with Gasteiger partial charge in [0.1, 0.15) is 12.4 Å². The van der Waals surface area contributed by atoms with Gasteiger partial charge in [-0.3, -0.25) is 4.57 Å². The second-order valence-electron chi connectivity index (χ2n) is 4.27. The maximum Gasteiger partial charge on any atom is 0.101 e. The molecule has 0 radical (unpaired) electrons. The third kappa shape index (κ3) is 1.86. The molecule has 0 fully saturated rings. The van der Waals surface area contributed by atoms with Gasteiger partial charge in [0.05, 0.1) is 22.3 Å². The first-order valence-corrected chi connectivity index (χ1v) is 5.99. The number of nitrogens with two attached hydrogens (primary N) is 1. The number of para-hydroxylation sites is 2. The highest BCUT2D eigenvalue weighted by atomic mass is 15.0. The summed E-state index contributed by atoms with van der Waals surface area (Å²) in [5, 5.41) is 9.28. The summed E-state index contributed by atoms with van der Waals surface area (Å²) in [5.41, 5.74) is 9.88. The van der Waals surface area contributed by atoms with Gasteiger partial charge in [-0.25, -0.2) is 4.98 Å². The second-order valence-corrected chi connectivity index (χ2v) is 4.27. The van der Waals surface area contributed by atoms with Crippen LogP contribution in [0.2, 0.25) is 0 Å². The van der Waals surface area contributed by atoms with Crippen LogP contribution in [0.15, 0.2) is 48.8 Å². The quantitative estimate of drug-likeness (QED) is 0.757. The highest BCUT2D eigenvalue weighted by Crippen LogP contribution is 2.21. The average molecular weight is 248 g/mol. The topological polar surface area (TPSA) is 67.6 Å². The second kappa shape index (κ2) is 4.56. The van der Waals surface area contributed by atoms with Gasteiger partial charge in [-0.05, 0) is 29.8 Å². The molecule has 2 N–H and O–H groups in total. The van der Waals surface area contributed by atoms with E-state index in [1.165, 1.54) is 0 Å². The van der Waals surface area contributed by atoms with E-state index in [9.17, 15) is 5.26 Å². The fourth-order valence-electron chi connectivity index (χ4n) is 2.16. The summed E-state index contributed by atoms with van der Waals surface area (Å²) >= 11 is 0. The molecule has 0 saturated heterocycles. The Kier molecular flexibility index (Phi) is 2.75. The van der Waals surface area contributed by atoms with Crippen LogP contribution in [0.5, 0.6) is 0 Å². The molecular weight excluding hydrogens is 236 g/mol. The molecule has 0 atom stereocenters. The van der Waals surface area contributed by atoms with Crippen molar-refractivity contribution in [3.63, 3.8) is 0 Å². The lowest BCUT2D eigenvalue weighted by molar-refractivity contribution is 1.04. The minimum Gasteiger partial charge on any atom is -0.326 e. The van der Waals surface area contributed by atoms with E-state index in [4.69, 9.17) is 5.73 Å². The first-order valence-electron chi connectivity index (χ1n) is 5.99. The SMILES string of the molecule is N#Cc1cc(CN)ccc1-n1cnc2ccccc21. The summed E-state index contributed by atoms with van der Waals surface area (Å²) < 4.78 is 1.92. The van der Waals surface area contributed by atoms with Crippen molar-refractivity contribution in [1.29, 1.82) is 5.26 Å². The van der Waals surface area contributed by atoms with Crippen LogP contribution in [0.1, 0.15) is 11.1 Å². The molecule has 0 aliphatic rings. The zero-order valence-corrected chi connectivity index (χ0v) is 10.2. The van der Waals surface area contributed by atoms with Gasteiger partial charge in [0.2, 0.25) is 0 Å². The van der Waals surface area contributed by atoms with Gasteiger partial charge in [0, 0.05) is 6.54 Å². The summed E-state index contributed by atoms with van der Waals surface area (Å²) in [6.45, 7) is 0.430. The highest BCUT2D eigenvalue weighted by Gasteiger charge is 2.08. The molecule has 19 heavy (non-hydrogen) atoms. The maximum atomic E-state index is 9.28. The number of hydrogen-bond donors (Lipinski definition) is 1. The van der Waals surface area contributed by atoms with Gasteiger partial charge in [0.15, 0.2) is 0 Å². The van der Waals surface area contributed by atoms with Crippen LogP contribution in [-0.4, -0.2) is 9.55 Å². The fourth-order valence-corrected chi connectivity index (χ4v) is 2.16. The van der Waals surface area contributed by atoms with Crippen LogP contribution in [0.25, 0.3) is 16.7 Å². The van der Waals surface area contributed by atoms with Crippen LogP contribution in [0.4, 0.5) is 0 Å². The first-order chi connectivity index (χ1) is 9.33. The molecule has 0 unspecified atom stereocenters. The van der Waals surface area contributed by atoms with Crippen LogP contribution in [0, 0.1) is 11.3 Å². The van der Waals surface area contributed by atoms with Crippen molar-refractivity contribution in [2.45, 2.75) is 6.54 Å². The molecule has 92 valence electrons. The summed E-state index contributed by atoms with van der Waals surface area (Å²) in [4.78, 5) is 4.34. The van der Waals surface area contributed by atoms with Gasteiger partial charge < -0.3 is 5.73 Å². The Morgan fingerprint density at radius 1 is 1.21 bits per heavy atom. The lowest BCUT2D eigenvalue weighted by atomic mass is 10.1. The van der Waals surface area contributed by atoms with Crippen molar-refractivity contribution in [1.82, 2.24) is 9.55 Å². The number of rotatable bonds is 2. The van der Waals surface area contributed by atoms with E-state index in [1.807, 2.05) is 47.0 Å². The number of fused-ring (bicyclic) bond motifs is 1. The fraction of sp³-hybridized carbons (Fsp3) is 0.0667. The van der Waals surface area contributed by atoms with Gasteiger partial charge in [-0.2, -0.15) is 5.26 Å². The smallest absolute Gasteiger partial charge is 0.101 e. The molecule has 1 aromatic heterocycles. The van der Waals surface area contributed by atoms with Crippen molar-refractivity contribution >= 4 is 11.0 Å². The van der Waals surface area contributed by atoms with Crippen molar-refractivity contribution in [3.05, 3.63) is 59.9 Å². The van der Waals surface area contributed by atoms with E-state index in [2.05, 4.69) is 11.1 Å². The van der Waals surface area contributed by atoms with Crippen LogP contribution < -0.4 is 5.73 Å². The summed E-state index contributed by atoms with van der Waals surface area (Å²) in [6.07, 6.45) is 1.74. The number of nitriles is 1. The van der Waals surface area contributed by atoms with Crippen molar-refractivity contribution < 1.29 is 0 Å². The third-order valence-corrected chi connectivity index (χ3v) is 3.13. The van der Waals surface area contributed by atoms with Crippen molar-refractivity contribution in [3.8, 4) is 11.8 Å². The average Bonchev–Trinajstić information content (AvgIpc) is 2.90. The van der Waals surface area contributed by atoms with Crippen LogP contribution in [-0.2, 0) is 6.54 Å². The molecule has 0 spiro atoms. The number of nitrogens with zero attached hydrogens (tertiary/aromatic N) is 3. The van der Waals surface area contributed by atoms with Gasteiger partial charge in [-0.15, -0.1) is 0 Å². The molecule has 0 amide bonds. The van der Waals surface area contributed by atoms with Gasteiger partial charge in [0.25, 0.3) is 0 Å². The third-order valence-electron chi connectivity index (χ3n) is 3.13.